The third-order valence-electron chi connectivity index (χ3n) is 5.90. The summed E-state index contributed by atoms with van der Waals surface area (Å²) in [6, 6.07) is 22.4. The van der Waals surface area contributed by atoms with Crippen LogP contribution in [0.2, 0.25) is 0 Å². The Hall–Kier alpha value is -5.96. The number of aliphatic imine (C=N–C) groups is 3. The lowest BCUT2D eigenvalue weighted by atomic mass is 9.98. The number of nitrogens with one attached hydrogen (secondary N) is 2. The zero-order chi connectivity index (χ0) is 30.8. The van der Waals surface area contributed by atoms with Crippen LogP contribution in [0.5, 0.6) is 0 Å². The highest BCUT2D eigenvalue weighted by atomic mass is 14.9. The van der Waals surface area contributed by atoms with E-state index in [4.69, 9.17) is 31.5 Å². The van der Waals surface area contributed by atoms with Crippen molar-refractivity contribution < 1.29 is 0 Å². The summed E-state index contributed by atoms with van der Waals surface area (Å²) in [5, 5.41) is 16.7. The van der Waals surface area contributed by atoms with E-state index in [2.05, 4.69) is 28.1 Å². The molecule has 9 heteroatoms. The Kier molecular flexibility index (Phi) is 9.83. The highest BCUT2D eigenvalue weighted by Crippen LogP contribution is 2.31. The molecule has 4 rings (SSSR count). The van der Waals surface area contributed by atoms with Gasteiger partial charge in [-0.15, -0.1) is 0 Å². The van der Waals surface area contributed by atoms with Crippen LogP contribution >= 0.6 is 0 Å². The van der Waals surface area contributed by atoms with Crippen molar-refractivity contribution in [1.29, 1.82) is 10.8 Å². The molecule has 0 amide bonds. The van der Waals surface area contributed by atoms with Crippen LogP contribution in [-0.2, 0) is 0 Å². The second-order valence-corrected chi connectivity index (χ2v) is 9.34. The predicted molar refractivity (Wildman–Crippen MR) is 177 cm³/mol. The molecule has 212 valence electrons. The van der Waals surface area contributed by atoms with Gasteiger partial charge in [0.1, 0.15) is 22.9 Å². The molecule has 0 aliphatic carbocycles. The quantitative estimate of drug-likeness (QED) is 0.153. The first-order valence-electron chi connectivity index (χ1n) is 13.3. The lowest BCUT2D eigenvalue weighted by molar-refractivity contribution is 1.24. The van der Waals surface area contributed by atoms with Gasteiger partial charge in [0.2, 0.25) is 0 Å². The molecule has 0 bridgehead atoms. The van der Waals surface area contributed by atoms with Crippen LogP contribution in [0.25, 0.3) is 33.8 Å². The highest BCUT2D eigenvalue weighted by Gasteiger charge is 2.13. The topological polar surface area (TPSA) is 149 Å². The molecule has 4 N–H and O–H groups in total. The van der Waals surface area contributed by atoms with Crippen molar-refractivity contribution in [2.75, 3.05) is 0 Å². The van der Waals surface area contributed by atoms with Crippen LogP contribution in [0.4, 0.5) is 0 Å². The van der Waals surface area contributed by atoms with E-state index in [0.717, 1.165) is 22.3 Å². The van der Waals surface area contributed by atoms with Crippen molar-refractivity contribution in [3.8, 4) is 33.8 Å². The van der Waals surface area contributed by atoms with Crippen molar-refractivity contribution in [3.05, 3.63) is 127 Å². The Bertz CT molecular complexity index is 1830. The summed E-state index contributed by atoms with van der Waals surface area (Å²) in [6.07, 6.45) is 7.91. The Balaban J connectivity index is 1.88. The van der Waals surface area contributed by atoms with Gasteiger partial charge in [0, 0.05) is 35.3 Å². The monoisotopic (exact) mass is 565 g/mol. The van der Waals surface area contributed by atoms with Crippen molar-refractivity contribution in [2.24, 2.45) is 20.7 Å². The van der Waals surface area contributed by atoms with E-state index in [1.807, 2.05) is 68.4 Å². The van der Waals surface area contributed by atoms with E-state index in [1.165, 1.54) is 18.5 Å². The average molecular weight is 566 g/mol. The number of aromatic nitrogens is 3. The van der Waals surface area contributed by atoms with Gasteiger partial charge in [0.15, 0.2) is 11.7 Å². The number of amidine groups is 3. The van der Waals surface area contributed by atoms with Crippen LogP contribution in [0.3, 0.4) is 0 Å². The molecule has 0 atom stereocenters. The van der Waals surface area contributed by atoms with Crippen LogP contribution in [0.1, 0.15) is 30.9 Å². The minimum absolute atomic E-state index is 0.0200. The maximum Gasteiger partial charge on any atom is 0.170 e. The standard InChI is InChI=1S/C34H31N9/c1-5-16-38-32(35)29-13-7-10-26(41-29)23-18-24(27-11-8-14-30(42-27)33(36)39-17-6-2)20-25(19-23)28-12-9-15-31(43-28)34(37)40-21-22(3)4/h5-21,35,37H,1,3H2,2,4H3,(H2,36,39)/b17-6-,35-32?,37-34?,38-16?,40-21?. The number of nitrogens with zero attached hydrogens (tertiary/aromatic N) is 6. The molecule has 0 unspecified atom stereocenters. The second-order valence-electron chi connectivity index (χ2n) is 9.34. The number of allylic oxidation sites excluding steroid dienone is 3. The van der Waals surface area contributed by atoms with Gasteiger partial charge in [-0.3, -0.25) is 10.8 Å². The number of hydrogen-bond acceptors (Lipinski definition) is 6. The van der Waals surface area contributed by atoms with Crippen LogP contribution in [0, 0.1) is 10.8 Å². The number of pyridine rings is 3. The number of nitrogens with two attached hydrogens (primary N) is 1. The third-order valence-corrected chi connectivity index (χ3v) is 5.90. The summed E-state index contributed by atoms with van der Waals surface area (Å²) in [6.45, 7) is 11.1. The molecule has 0 spiro atoms. The van der Waals surface area contributed by atoms with E-state index in [1.54, 1.807) is 30.5 Å². The number of hydrogen-bond donors (Lipinski definition) is 3. The first-order chi connectivity index (χ1) is 20.8. The minimum Gasteiger partial charge on any atom is -0.382 e. The lowest BCUT2D eigenvalue weighted by Gasteiger charge is -2.12. The molecular weight excluding hydrogens is 534 g/mol. The zero-order valence-electron chi connectivity index (χ0n) is 24.0. The van der Waals surface area contributed by atoms with Crippen LogP contribution in [0.15, 0.2) is 125 Å². The molecule has 0 aliphatic rings. The fraction of sp³-hybridized carbons (Fsp3) is 0.0588. The molecule has 0 saturated heterocycles. The van der Waals surface area contributed by atoms with Crippen LogP contribution in [-0.4, -0.2) is 44.9 Å². The highest BCUT2D eigenvalue weighted by molar-refractivity contribution is 6.02. The molecule has 0 saturated carbocycles. The van der Waals surface area contributed by atoms with E-state index < -0.39 is 0 Å². The normalized spacial score (nSPS) is 11.8. The molecule has 0 fully saturated rings. The molecule has 0 radical (unpaired) electrons. The summed E-state index contributed by atoms with van der Waals surface area (Å²) in [7, 11) is 0. The first kappa shape index (κ1) is 30.0. The van der Waals surface area contributed by atoms with Crippen molar-refractivity contribution in [1.82, 2.24) is 15.0 Å². The summed E-state index contributed by atoms with van der Waals surface area (Å²) in [5.74, 6) is 0.346. The van der Waals surface area contributed by atoms with E-state index in [-0.39, 0.29) is 11.7 Å². The minimum atomic E-state index is 0.0200. The van der Waals surface area contributed by atoms with Gasteiger partial charge in [-0.2, -0.15) is 0 Å². The second kappa shape index (κ2) is 14.1. The van der Waals surface area contributed by atoms with Crippen LogP contribution < -0.4 is 5.73 Å². The molecule has 0 aliphatic heterocycles. The van der Waals surface area contributed by atoms with Gasteiger partial charge in [-0.05, 0) is 74.0 Å². The van der Waals surface area contributed by atoms with Gasteiger partial charge in [0.05, 0.1) is 17.1 Å². The van der Waals surface area contributed by atoms with Gasteiger partial charge >= 0.3 is 0 Å². The molecule has 1 aromatic carbocycles. The van der Waals surface area contributed by atoms with Crippen molar-refractivity contribution in [3.63, 3.8) is 0 Å². The molecule has 4 aromatic rings. The summed E-state index contributed by atoms with van der Waals surface area (Å²) < 4.78 is 0. The largest absolute Gasteiger partial charge is 0.382 e. The third kappa shape index (κ3) is 7.83. The lowest BCUT2D eigenvalue weighted by Crippen LogP contribution is -2.14. The summed E-state index contributed by atoms with van der Waals surface area (Å²) in [4.78, 5) is 26.7. The van der Waals surface area contributed by atoms with Gasteiger partial charge in [-0.25, -0.2) is 29.9 Å². The van der Waals surface area contributed by atoms with E-state index in [0.29, 0.717) is 40.0 Å². The summed E-state index contributed by atoms with van der Waals surface area (Å²) >= 11 is 0. The SMILES string of the molecule is C=CC=NC(=N)c1cccc(-c2cc(-c3cccc(C(=N)N=CC(=C)C)n3)cc(-c3cccc(C(N)=N/C=C\C)n3)c2)n1. The smallest absolute Gasteiger partial charge is 0.170 e. The first-order valence-corrected chi connectivity index (χ1v) is 13.3. The Morgan fingerprint density at radius 3 is 1.70 bits per heavy atom. The van der Waals surface area contributed by atoms with E-state index in [9.17, 15) is 0 Å². The van der Waals surface area contributed by atoms with E-state index >= 15 is 0 Å². The Morgan fingerprint density at radius 2 is 1.23 bits per heavy atom. The predicted octanol–water partition coefficient (Wildman–Crippen LogP) is 6.67. The number of rotatable bonds is 9. The maximum absolute atomic E-state index is 8.37. The molecule has 3 aromatic heterocycles. The fourth-order valence-corrected chi connectivity index (χ4v) is 3.92. The zero-order valence-corrected chi connectivity index (χ0v) is 24.0. The van der Waals surface area contributed by atoms with Crippen molar-refractivity contribution >= 4 is 29.9 Å². The number of benzene rings is 1. The Labute approximate surface area is 250 Å². The van der Waals surface area contributed by atoms with Gasteiger partial charge in [0.25, 0.3) is 0 Å². The fourth-order valence-electron chi connectivity index (χ4n) is 3.92. The van der Waals surface area contributed by atoms with Gasteiger partial charge < -0.3 is 5.73 Å². The molecular formula is C34H31N9. The molecule has 3 heterocycles. The van der Waals surface area contributed by atoms with Gasteiger partial charge in [-0.1, -0.05) is 43.5 Å². The Morgan fingerprint density at radius 1 is 0.767 bits per heavy atom. The summed E-state index contributed by atoms with van der Waals surface area (Å²) in [5.41, 5.74) is 12.6. The average Bonchev–Trinajstić information content (AvgIpc) is 3.04. The maximum atomic E-state index is 8.37. The molecule has 43 heavy (non-hydrogen) atoms. The van der Waals surface area contributed by atoms with Crippen molar-refractivity contribution in [2.45, 2.75) is 13.8 Å². The molecule has 9 nitrogen and oxygen atoms in total.